The maximum atomic E-state index is 14.8. The number of nitrogens with one attached hydrogen (secondary N) is 4. The van der Waals surface area contributed by atoms with E-state index in [4.69, 9.17) is 10.5 Å². The van der Waals surface area contributed by atoms with Gasteiger partial charge in [-0.25, -0.2) is 4.79 Å². The van der Waals surface area contributed by atoms with Gasteiger partial charge in [-0.3, -0.25) is 29.3 Å². The number of benzene rings is 4. The summed E-state index contributed by atoms with van der Waals surface area (Å²) in [6, 6.07) is 23.2. The summed E-state index contributed by atoms with van der Waals surface area (Å²) in [6.45, 7) is 5.00. The van der Waals surface area contributed by atoms with Gasteiger partial charge in [-0.2, -0.15) is 0 Å². The molecule has 56 heavy (non-hydrogen) atoms. The quantitative estimate of drug-likeness (QED) is 0.0940. The average molecular weight is 760 g/mol. The molecule has 13 nitrogen and oxygen atoms in total. The van der Waals surface area contributed by atoms with E-state index in [2.05, 4.69) is 20.9 Å². The first-order valence-electron chi connectivity index (χ1n) is 18.4. The van der Waals surface area contributed by atoms with Crippen molar-refractivity contribution in [1.29, 1.82) is 0 Å². The molecule has 0 saturated heterocycles. The van der Waals surface area contributed by atoms with Crippen LogP contribution in [0.5, 0.6) is 0 Å². The third kappa shape index (κ3) is 8.63. The number of aryl methyl sites for hydroxylation is 1. The summed E-state index contributed by atoms with van der Waals surface area (Å²) in [5.41, 5.74) is 6.52. The summed E-state index contributed by atoms with van der Waals surface area (Å²) in [5, 5.41) is 20.2. The van der Waals surface area contributed by atoms with Crippen molar-refractivity contribution in [3.8, 4) is 0 Å². The van der Waals surface area contributed by atoms with Crippen molar-refractivity contribution in [3.63, 3.8) is 0 Å². The number of aromatic amines is 1. The normalized spacial score (nSPS) is 16.6. The SMILES string of the molecule is CC(C)(C)OC(=O)N[C@@H](Cc1c[nH]c2ccccc12)C(=O)NC(=O)C1(C(=O)[C@H](CC(=O)O)NC(=O)[C@@H](N)Cc2ccc3ccccc3c2)CCc2ccccc21. The van der Waals surface area contributed by atoms with Crippen molar-refractivity contribution in [3.05, 3.63) is 119 Å². The fourth-order valence-corrected chi connectivity index (χ4v) is 7.37. The highest BCUT2D eigenvalue weighted by atomic mass is 16.6. The van der Waals surface area contributed by atoms with Crippen LogP contribution >= 0.6 is 0 Å². The number of amides is 4. The first kappa shape index (κ1) is 39.4. The van der Waals surface area contributed by atoms with Crippen LogP contribution in [0.15, 0.2) is 97.2 Å². The van der Waals surface area contributed by atoms with E-state index < -0.39 is 71.1 Å². The molecule has 6 rings (SSSR count). The number of H-pyrrole nitrogens is 1. The molecule has 1 aliphatic rings. The van der Waals surface area contributed by atoms with Crippen LogP contribution in [0, 0.1) is 0 Å². The third-order valence-electron chi connectivity index (χ3n) is 10.0. The zero-order valence-electron chi connectivity index (χ0n) is 31.4. The Balaban J connectivity index is 1.28. The summed E-state index contributed by atoms with van der Waals surface area (Å²) in [6.07, 6.45) is 0.154. The van der Waals surface area contributed by atoms with E-state index in [0.717, 1.165) is 27.2 Å². The van der Waals surface area contributed by atoms with Crippen LogP contribution < -0.4 is 21.7 Å². The number of aromatic nitrogens is 1. The van der Waals surface area contributed by atoms with E-state index in [1.807, 2.05) is 66.7 Å². The highest BCUT2D eigenvalue weighted by Gasteiger charge is 2.54. The number of hydrogen-bond donors (Lipinski definition) is 6. The predicted octanol–water partition coefficient (Wildman–Crippen LogP) is 4.38. The number of imide groups is 1. The Labute approximate surface area is 323 Å². The van der Waals surface area contributed by atoms with Gasteiger partial charge in [0.05, 0.1) is 18.5 Å². The number of para-hydroxylation sites is 1. The molecule has 7 N–H and O–H groups in total. The van der Waals surface area contributed by atoms with Crippen molar-refractivity contribution >= 4 is 57.2 Å². The van der Waals surface area contributed by atoms with Crippen LogP contribution in [0.25, 0.3) is 21.7 Å². The summed E-state index contributed by atoms with van der Waals surface area (Å²) in [7, 11) is 0. The molecule has 0 saturated carbocycles. The molecule has 4 atom stereocenters. The van der Waals surface area contributed by atoms with Crippen LogP contribution in [0.3, 0.4) is 0 Å². The van der Waals surface area contributed by atoms with Crippen molar-refractivity contribution < 1.29 is 38.6 Å². The zero-order chi connectivity index (χ0) is 40.2. The number of carbonyl (C=O) groups excluding carboxylic acids is 5. The molecular weight excluding hydrogens is 714 g/mol. The van der Waals surface area contributed by atoms with Gasteiger partial charge in [-0.15, -0.1) is 0 Å². The van der Waals surface area contributed by atoms with Gasteiger partial charge in [-0.1, -0.05) is 84.9 Å². The minimum atomic E-state index is -2.07. The fourth-order valence-electron chi connectivity index (χ4n) is 7.37. The molecule has 0 bridgehead atoms. The van der Waals surface area contributed by atoms with Crippen molar-refractivity contribution in [2.24, 2.45) is 5.73 Å². The van der Waals surface area contributed by atoms with E-state index in [1.54, 1.807) is 51.2 Å². The summed E-state index contributed by atoms with van der Waals surface area (Å²) in [4.78, 5) is 85.4. The Hall–Kier alpha value is -6.34. The number of Topliss-reactive ketones (excluding diaryl/α,β-unsaturated/α-hetero) is 1. The zero-order valence-corrected chi connectivity index (χ0v) is 31.4. The largest absolute Gasteiger partial charge is 0.481 e. The Kier molecular flexibility index (Phi) is 11.4. The molecule has 0 radical (unpaired) electrons. The van der Waals surface area contributed by atoms with Crippen LogP contribution in [0.4, 0.5) is 4.79 Å². The number of rotatable bonds is 13. The van der Waals surface area contributed by atoms with Gasteiger partial charge in [0.25, 0.3) is 0 Å². The number of aliphatic carboxylic acids is 1. The molecule has 1 heterocycles. The Morgan fingerprint density at radius 3 is 2.29 bits per heavy atom. The number of ketones is 1. The average Bonchev–Trinajstić information content (AvgIpc) is 3.75. The molecule has 0 aliphatic heterocycles. The van der Waals surface area contributed by atoms with Gasteiger partial charge in [-0.05, 0) is 79.1 Å². The van der Waals surface area contributed by atoms with Gasteiger partial charge in [0.15, 0.2) is 5.78 Å². The lowest BCUT2D eigenvalue weighted by atomic mass is 9.73. The van der Waals surface area contributed by atoms with E-state index in [9.17, 15) is 33.9 Å². The minimum Gasteiger partial charge on any atom is -0.481 e. The Bertz CT molecular complexity index is 2330. The maximum absolute atomic E-state index is 14.8. The predicted molar refractivity (Wildman–Crippen MR) is 210 cm³/mol. The standard InChI is InChI=1S/C43H45N5O8/c1-42(2,3)56-41(55)47-35(22-29-24-45-33-15-9-7-13-30(29)33)39(53)48-40(54)43(19-18-27-11-6-8-14-31(27)43)37(51)34(23-36(49)50)46-38(52)32(44)21-25-16-17-26-10-4-5-12-28(26)20-25/h4-17,20,24,32,34-35,45H,18-19,21-23,44H2,1-3H3,(H,46,52)(H,47,55)(H,49,50)(H,48,53,54)/t32-,34-,35-,43?/m0/s1. The van der Waals surface area contributed by atoms with Crippen molar-refractivity contribution in [2.75, 3.05) is 0 Å². The van der Waals surface area contributed by atoms with E-state index in [0.29, 0.717) is 11.1 Å². The van der Waals surface area contributed by atoms with E-state index >= 15 is 0 Å². The fraction of sp³-hybridized carbons (Fsp3) is 0.302. The van der Waals surface area contributed by atoms with Crippen LogP contribution in [-0.2, 0) is 53.4 Å². The number of carbonyl (C=O) groups is 6. The molecule has 1 unspecified atom stereocenters. The topological polar surface area (TPSA) is 210 Å². The second-order valence-electron chi connectivity index (χ2n) is 15.2. The molecule has 4 aromatic carbocycles. The number of carboxylic acids is 1. The van der Waals surface area contributed by atoms with Gasteiger partial charge in [0.1, 0.15) is 17.1 Å². The molecule has 1 aromatic heterocycles. The van der Waals surface area contributed by atoms with Gasteiger partial charge in [0, 0.05) is 23.5 Å². The number of carboxylic acid groups (broad SMARTS) is 1. The van der Waals surface area contributed by atoms with Crippen molar-refractivity contribution in [1.82, 2.24) is 20.9 Å². The molecule has 0 fully saturated rings. The number of fused-ring (bicyclic) bond motifs is 3. The first-order valence-corrected chi connectivity index (χ1v) is 18.4. The summed E-state index contributed by atoms with van der Waals surface area (Å²) < 4.78 is 5.43. The molecule has 1 aliphatic carbocycles. The molecular formula is C43H45N5O8. The highest BCUT2D eigenvalue weighted by Crippen LogP contribution is 2.41. The lowest BCUT2D eigenvalue weighted by Crippen LogP contribution is -2.60. The minimum absolute atomic E-state index is 0.0489. The number of alkyl carbamates (subject to hydrolysis) is 1. The van der Waals surface area contributed by atoms with Crippen LogP contribution in [0.2, 0.25) is 0 Å². The van der Waals surface area contributed by atoms with Gasteiger partial charge in [0.2, 0.25) is 17.7 Å². The monoisotopic (exact) mass is 759 g/mol. The first-order chi connectivity index (χ1) is 26.6. The molecule has 0 spiro atoms. The van der Waals surface area contributed by atoms with Crippen LogP contribution in [-0.4, -0.2) is 69.4 Å². The van der Waals surface area contributed by atoms with E-state index in [1.165, 1.54) is 0 Å². The molecule has 4 amide bonds. The smallest absolute Gasteiger partial charge is 0.408 e. The summed E-state index contributed by atoms with van der Waals surface area (Å²) >= 11 is 0. The second kappa shape index (κ2) is 16.2. The maximum Gasteiger partial charge on any atom is 0.408 e. The number of ether oxygens (including phenoxy) is 1. The Morgan fingerprint density at radius 1 is 0.839 bits per heavy atom. The lowest BCUT2D eigenvalue weighted by molar-refractivity contribution is -0.146. The molecule has 5 aromatic rings. The van der Waals surface area contributed by atoms with Crippen molar-refractivity contribution in [2.45, 2.75) is 82.0 Å². The van der Waals surface area contributed by atoms with E-state index in [-0.39, 0.29) is 31.2 Å². The summed E-state index contributed by atoms with van der Waals surface area (Å²) in [5.74, 6) is -5.02. The number of nitrogens with two attached hydrogens (primary N) is 1. The molecule has 290 valence electrons. The van der Waals surface area contributed by atoms with Gasteiger partial charge < -0.3 is 31.2 Å². The van der Waals surface area contributed by atoms with Crippen LogP contribution in [0.1, 0.15) is 55.9 Å². The third-order valence-corrected chi connectivity index (χ3v) is 10.0. The lowest BCUT2D eigenvalue weighted by Gasteiger charge is -2.32. The number of hydrogen-bond acceptors (Lipinski definition) is 8. The molecule has 13 heteroatoms. The Morgan fingerprint density at radius 2 is 1.54 bits per heavy atom. The highest BCUT2D eigenvalue weighted by molar-refractivity contribution is 6.19. The second-order valence-corrected chi connectivity index (χ2v) is 15.2. The van der Waals surface area contributed by atoms with Gasteiger partial charge >= 0.3 is 12.1 Å².